The van der Waals surface area contributed by atoms with Crippen molar-refractivity contribution in [2.24, 2.45) is 0 Å². The van der Waals surface area contributed by atoms with Crippen molar-refractivity contribution in [1.82, 2.24) is 15.1 Å². The summed E-state index contributed by atoms with van der Waals surface area (Å²) in [5, 5.41) is 17.1. The Hall–Kier alpha value is -4.77. The molecule has 0 spiro atoms. The van der Waals surface area contributed by atoms with E-state index in [-0.39, 0.29) is 12.1 Å². The summed E-state index contributed by atoms with van der Waals surface area (Å²) < 4.78 is 17.7. The second-order valence-corrected chi connectivity index (χ2v) is 7.21. The van der Waals surface area contributed by atoms with Gasteiger partial charge in [-0.15, -0.1) is 0 Å². The molecule has 170 valence electrons. The van der Waals surface area contributed by atoms with Gasteiger partial charge in [0.15, 0.2) is 11.5 Å². The zero-order chi connectivity index (χ0) is 23.9. The van der Waals surface area contributed by atoms with E-state index in [2.05, 4.69) is 5.32 Å². The van der Waals surface area contributed by atoms with Crippen molar-refractivity contribution in [3.05, 3.63) is 90.0 Å². The number of nitriles is 1. The molecule has 2 aromatic heterocycles. The van der Waals surface area contributed by atoms with E-state index in [1.807, 2.05) is 42.5 Å². The van der Waals surface area contributed by atoms with Gasteiger partial charge in [0.2, 0.25) is 0 Å². The largest absolute Gasteiger partial charge is 0.493 e. The summed E-state index contributed by atoms with van der Waals surface area (Å²) in [6, 6.07) is 20.5. The molecule has 4 aromatic rings. The molecule has 0 aliphatic rings. The molecule has 0 atom stereocenters. The highest BCUT2D eigenvalue weighted by atomic mass is 16.5. The molecular weight excluding hydrogens is 432 g/mol. The van der Waals surface area contributed by atoms with Gasteiger partial charge < -0.3 is 19.2 Å². The van der Waals surface area contributed by atoms with Gasteiger partial charge in [-0.3, -0.25) is 4.79 Å². The van der Waals surface area contributed by atoms with Crippen LogP contribution in [0, 0.1) is 11.3 Å². The van der Waals surface area contributed by atoms with E-state index in [1.54, 1.807) is 49.4 Å². The van der Waals surface area contributed by atoms with Crippen molar-refractivity contribution in [1.29, 1.82) is 5.26 Å². The van der Waals surface area contributed by atoms with Crippen LogP contribution in [0.5, 0.6) is 11.5 Å². The maximum atomic E-state index is 12.7. The maximum absolute atomic E-state index is 12.7. The van der Waals surface area contributed by atoms with Crippen molar-refractivity contribution in [2.45, 2.75) is 6.54 Å². The van der Waals surface area contributed by atoms with Crippen LogP contribution in [0.4, 0.5) is 0 Å². The lowest BCUT2D eigenvalue weighted by atomic mass is 10.1. The average Bonchev–Trinajstić information content (AvgIpc) is 3.56. The Kier molecular flexibility index (Phi) is 6.75. The Morgan fingerprint density at radius 1 is 1.12 bits per heavy atom. The number of methoxy groups -OCH3 is 2. The lowest BCUT2D eigenvalue weighted by Gasteiger charge is -2.09. The van der Waals surface area contributed by atoms with Gasteiger partial charge in [-0.05, 0) is 48.5 Å². The average molecular weight is 454 g/mol. The smallest absolute Gasteiger partial charge is 0.262 e. The normalized spacial score (nSPS) is 11.0. The van der Waals surface area contributed by atoms with Gasteiger partial charge in [0.25, 0.3) is 5.91 Å². The molecule has 0 bridgehead atoms. The highest BCUT2D eigenvalue weighted by molar-refractivity contribution is 6.02. The van der Waals surface area contributed by atoms with Crippen molar-refractivity contribution < 1.29 is 18.7 Å². The standard InChI is InChI=1S/C26H22N4O4/c1-32-23-11-10-18(14-24(23)33-2)25-20(17-30(29-25)21-7-4-3-5-8-21)13-19(15-27)26(31)28-16-22-9-6-12-34-22/h3-14,17H,16H2,1-2H3,(H,28,31). The first kappa shape index (κ1) is 22.4. The van der Waals surface area contributed by atoms with Crippen LogP contribution in [0.2, 0.25) is 0 Å². The van der Waals surface area contributed by atoms with E-state index in [0.29, 0.717) is 28.5 Å². The number of aromatic nitrogens is 2. The number of rotatable bonds is 8. The second kappa shape index (κ2) is 10.2. The molecule has 0 aliphatic heterocycles. The maximum Gasteiger partial charge on any atom is 0.262 e. The van der Waals surface area contributed by atoms with Gasteiger partial charge in [-0.25, -0.2) is 4.68 Å². The Bertz CT molecular complexity index is 1350. The predicted octanol–water partition coefficient (Wildman–Crippen LogP) is 4.37. The number of ether oxygens (including phenoxy) is 2. The fourth-order valence-electron chi connectivity index (χ4n) is 3.39. The third kappa shape index (κ3) is 4.84. The van der Waals surface area contributed by atoms with Crippen LogP contribution in [0.1, 0.15) is 11.3 Å². The van der Waals surface area contributed by atoms with E-state index in [0.717, 1.165) is 11.3 Å². The van der Waals surface area contributed by atoms with Crippen molar-refractivity contribution in [3.8, 4) is 34.5 Å². The number of nitrogens with zero attached hydrogens (tertiary/aromatic N) is 3. The first-order chi connectivity index (χ1) is 16.6. The minimum Gasteiger partial charge on any atom is -0.493 e. The van der Waals surface area contributed by atoms with E-state index in [1.165, 1.54) is 12.3 Å². The molecule has 0 radical (unpaired) electrons. The van der Waals surface area contributed by atoms with Crippen LogP contribution in [0.25, 0.3) is 23.0 Å². The number of amides is 1. The number of carbonyl (C=O) groups excluding carboxylic acids is 1. The molecule has 0 unspecified atom stereocenters. The molecule has 1 N–H and O–H groups in total. The van der Waals surface area contributed by atoms with Gasteiger partial charge in [0, 0.05) is 17.3 Å². The first-order valence-corrected chi connectivity index (χ1v) is 10.4. The highest BCUT2D eigenvalue weighted by Gasteiger charge is 2.17. The van der Waals surface area contributed by atoms with Crippen LogP contribution in [0.3, 0.4) is 0 Å². The molecule has 8 heteroatoms. The van der Waals surface area contributed by atoms with Crippen molar-refractivity contribution >= 4 is 12.0 Å². The van der Waals surface area contributed by atoms with E-state index < -0.39 is 5.91 Å². The Morgan fingerprint density at radius 3 is 2.59 bits per heavy atom. The summed E-state index contributed by atoms with van der Waals surface area (Å²) in [4.78, 5) is 12.7. The first-order valence-electron chi connectivity index (χ1n) is 10.4. The Balaban J connectivity index is 1.75. The Labute approximate surface area is 196 Å². The van der Waals surface area contributed by atoms with Crippen LogP contribution < -0.4 is 14.8 Å². The quantitative estimate of drug-likeness (QED) is 0.313. The molecule has 2 heterocycles. The van der Waals surface area contributed by atoms with Crippen LogP contribution >= 0.6 is 0 Å². The molecule has 4 rings (SSSR count). The monoisotopic (exact) mass is 454 g/mol. The van der Waals surface area contributed by atoms with Crippen LogP contribution in [-0.2, 0) is 11.3 Å². The van der Waals surface area contributed by atoms with Crippen molar-refractivity contribution in [2.75, 3.05) is 14.2 Å². The number of hydrogen-bond acceptors (Lipinski definition) is 6. The zero-order valence-electron chi connectivity index (χ0n) is 18.7. The summed E-state index contributed by atoms with van der Waals surface area (Å²) in [5.41, 5.74) is 2.70. The Morgan fingerprint density at radius 2 is 1.91 bits per heavy atom. The van der Waals surface area contributed by atoms with Crippen LogP contribution in [0.15, 0.2) is 83.1 Å². The topological polar surface area (TPSA) is 102 Å². The molecule has 0 saturated carbocycles. The number of nitrogens with one attached hydrogen (secondary N) is 1. The number of benzene rings is 2. The van der Waals surface area contributed by atoms with Gasteiger partial charge in [0.1, 0.15) is 23.1 Å². The third-order valence-corrected chi connectivity index (χ3v) is 5.09. The lowest BCUT2D eigenvalue weighted by molar-refractivity contribution is -0.117. The molecule has 0 fully saturated rings. The highest BCUT2D eigenvalue weighted by Crippen LogP contribution is 2.34. The molecule has 1 amide bonds. The van der Waals surface area contributed by atoms with E-state index in [9.17, 15) is 10.1 Å². The van der Waals surface area contributed by atoms with Crippen LogP contribution in [-0.4, -0.2) is 29.9 Å². The summed E-state index contributed by atoms with van der Waals surface area (Å²) in [7, 11) is 3.12. The van der Waals surface area contributed by atoms with E-state index in [4.69, 9.17) is 19.0 Å². The molecule has 34 heavy (non-hydrogen) atoms. The number of carbonyl (C=O) groups is 1. The van der Waals surface area contributed by atoms with Crippen molar-refractivity contribution in [3.63, 3.8) is 0 Å². The summed E-state index contributed by atoms with van der Waals surface area (Å²) >= 11 is 0. The number of para-hydroxylation sites is 1. The minimum atomic E-state index is -0.510. The SMILES string of the molecule is COc1ccc(-c2nn(-c3ccccc3)cc2C=C(C#N)C(=O)NCc2ccco2)cc1OC. The summed E-state index contributed by atoms with van der Waals surface area (Å²) in [6.45, 7) is 0.177. The third-order valence-electron chi connectivity index (χ3n) is 5.09. The number of furan rings is 1. The molecular formula is C26H22N4O4. The van der Waals surface area contributed by atoms with Gasteiger partial charge in [-0.1, -0.05) is 18.2 Å². The fourth-order valence-corrected chi connectivity index (χ4v) is 3.39. The minimum absolute atomic E-state index is 0.0547. The predicted molar refractivity (Wildman–Crippen MR) is 126 cm³/mol. The summed E-state index contributed by atoms with van der Waals surface area (Å²) in [6.07, 6.45) is 4.82. The number of hydrogen-bond donors (Lipinski definition) is 1. The zero-order valence-corrected chi connectivity index (χ0v) is 18.7. The van der Waals surface area contributed by atoms with Gasteiger partial charge >= 0.3 is 0 Å². The molecule has 0 saturated heterocycles. The summed E-state index contributed by atoms with van der Waals surface area (Å²) in [5.74, 6) is 1.21. The van der Waals surface area contributed by atoms with Gasteiger partial charge in [0.05, 0.1) is 32.7 Å². The lowest BCUT2D eigenvalue weighted by Crippen LogP contribution is -2.23. The van der Waals surface area contributed by atoms with E-state index >= 15 is 0 Å². The second-order valence-electron chi connectivity index (χ2n) is 7.21. The molecule has 2 aromatic carbocycles. The van der Waals surface area contributed by atoms with Gasteiger partial charge in [-0.2, -0.15) is 10.4 Å². The molecule has 8 nitrogen and oxygen atoms in total. The molecule has 0 aliphatic carbocycles. The fraction of sp³-hybridized carbons (Fsp3) is 0.115.